The highest BCUT2D eigenvalue weighted by Crippen LogP contribution is 2.29. The molecule has 1 N–H and O–H groups in total. The molecular weight excluding hydrogens is 286 g/mol. The van der Waals surface area contributed by atoms with Gasteiger partial charge >= 0.3 is 0 Å². The van der Waals surface area contributed by atoms with Crippen LogP contribution in [0, 0.1) is 0 Å². The van der Waals surface area contributed by atoms with Gasteiger partial charge in [0, 0.05) is 5.25 Å². The molecule has 1 aromatic carbocycles. The third-order valence-electron chi connectivity index (χ3n) is 3.50. The van der Waals surface area contributed by atoms with E-state index in [-0.39, 0.29) is 5.91 Å². The number of thioether (sulfide) groups is 1. The zero-order valence-corrected chi connectivity index (χ0v) is 13.3. The second-order valence-corrected chi connectivity index (χ2v) is 6.36. The molecule has 0 spiro atoms. The van der Waals surface area contributed by atoms with Gasteiger partial charge in [0.15, 0.2) is 11.5 Å². The number of amides is 1. The van der Waals surface area contributed by atoms with E-state index in [0.29, 0.717) is 35.7 Å². The molecule has 1 aromatic rings. The van der Waals surface area contributed by atoms with Gasteiger partial charge in [0.05, 0.1) is 19.4 Å². The van der Waals surface area contributed by atoms with E-state index in [9.17, 15) is 4.79 Å². The minimum absolute atomic E-state index is 0.0931. The Kier molecular flexibility index (Phi) is 6.73. The molecule has 0 heterocycles. The molecule has 0 aromatic heterocycles. The monoisotopic (exact) mass is 309 g/mol. The molecule has 1 amide bonds. The highest BCUT2D eigenvalue weighted by Gasteiger charge is 2.16. The number of hydrogen-bond donors (Lipinski definition) is 1. The molecule has 0 aliphatic heterocycles. The third-order valence-corrected chi connectivity index (χ3v) is 4.87. The van der Waals surface area contributed by atoms with Gasteiger partial charge in [-0.05, 0) is 25.0 Å². The van der Waals surface area contributed by atoms with Gasteiger partial charge in [-0.1, -0.05) is 25.0 Å². The minimum Gasteiger partial charge on any atom is -0.493 e. The van der Waals surface area contributed by atoms with Crippen LogP contribution in [0.25, 0.3) is 0 Å². The van der Waals surface area contributed by atoms with E-state index >= 15 is 0 Å². The predicted octanol–water partition coefficient (Wildman–Crippen LogP) is 2.87. The van der Waals surface area contributed by atoms with Crippen LogP contribution in [0.5, 0.6) is 11.5 Å². The lowest BCUT2D eigenvalue weighted by atomic mass is 10.3. The Labute approximate surface area is 130 Å². The van der Waals surface area contributed by atoms with Crippen LogP contribution < -0.4 is 14.8 Å². The molecule has 0 radical (unpaired) electrons. The van der Waals surface area contributed by atoms with Gasteiger partial charge in [-0.2, -0.15) is 0 Å². The van der Waals surface area contributed by atoms with Gasteiger partial charge in [0.25, 0.3) is 0 Å². The summed E-state index contributed by atoms with van der Waals surface area (Å²) in [5.41, 5.74) is 0. The largest absolute Gasteiger partial charge is 0.493 e. The molecule has 2 rings (SSSR count). The van der Waals surface area contributed by atoms with Crippen LogP contribution in [0.2, 0.25) is 0 Å². The number of benzene rings is 1. The topological polar surface area (TPSA) is 47.6 Å². The van der Waals surface area contributed by atoms with Crippen molar-refractivity contribution in [1.29, 1.82) is 0 Å². The zero-order valence-electron chi connectivity index (χ0n) is 12.5. The summed E-state index contributed by atoms with van der Waals surface area (Å²) in [6.07, 6.45) is 5.14. The number of hydrogen-bond acceptors (Lipinski definition) is 4. The smallest absolute Gasteiger partial charge is 0.230 e. The summed E-state index contributed by atoms with van der Waals surface area (Å²) in [5.74, 6) is 2.06. The van der Waals surface area contributed by atoms with Crippen molar-refractivity contribution in [2.45, 2.75) is 30.9 Å². The Hall–Kier alpha value is -1.36. The van der Waals surface area contributed by atoms with E-state index in [2.05, 4.69) is 5.32 Å². The van der Waals surface area contributed by atoms with Crippen molar-refractivity contribution in [3.8, 4) is 11.5 Å². The summed E-state index contributed by atoms with van der Waals surface area (Å²) in [4.78, 5) is 11.7. The van der Waals surface area contributed by atoms with Crippen molar-refractivity contribution in [2.24, 2.45) is 0 Å². The van der Waals surface area contributed by atoms with Gasteiger partial charge in [-0.15, -0.1) is 11.8 Å². The van der Waals surface area contributed by atoms with Crippen molar-refractivity contribution in [2.75, 3.05) is 26.0 Å². The van der Waals surface area contributed by atoms with Gasteiger partial charge in [-0.25, -0.2) is 0 Å². The maximum absolute atomic E-state index is 11.7. The molecule has 0 unspecified atom stereocenters. The summed E-state index contributed by atoms with van der Waals surface area (Å²) in [6.45, 7) is 0.961. The second-order valence-electron chi connectivity index (χ2n) is 5.07. The SMILES string of the molecule is COc1ccccc1OCCNC(=O)CSC1CCCC1. The maximum Gasteiger partial charge on any atom is 0.230 e. The van der Waals surface area contributed by atoms with Gasteiger partial charge in [0.2, 0.25) is 5.91 Å². The molecule has 1 aliphatic rings. The number of ether oxygens (including phenoxy) is 2. The molecule has 1 saturated carbocycles. The fourth-order valence-corrected chi connectivity index (χ4v) is 3.54. The van der Waals surface area contributed by atoms with Crippen molar-refractivity contribution >= 4 is 17.7 Å². The maximum atomic E-state index is 11.7. The van der Waals surface area contributed by atoms with Crippen molar-refractivity contribution in [3.05, 3.63) is 24.3 Å². The Balaban J connectivity index is 1.59. The summed E-state index contributed by atoms with van der Waals surface area (Å²) in [6, 6.07) is 7.51. The minimum atomic E-state index is 0.0931. The molecule has 5 heteroatoms. The van der Waals surface area contributed by atoms with E-state index in [0.717, 1.165) is 0 Å². The highest BCUT2D eigenvalue weighted by molar-refractivity contribution is 8.00. The lowest BCUT2D eigenvalue weighted by Crippen LogP contribution is -2.30. The molecule has 0 bridgehead atoms. The molecule has 21 heavy (non-hydrogen) atoms. The first kappa shape index (κ1) is 16.0. The number of carbonyl (C=O) groups excluding carboxylic acids is 1. The fraction of sp³-hybridized carbons (Fsp3) is 0.562. The first-order valence-electron chi connectivity index (χ1n) is 7.43. The number of nitrogens with one attached hydrogen (secondary N) is 1. The number of rotatable bonds is 8. The van der Waals surface area contributed by atoms with Crippen LogP contribution in [0.15, 0.2) is 24.3 Å². The Morgan fingerprint density at radius 1 is 1.29 bits per heavy atom. The average molecular weight is 309 g/mol. The third kappa shape index (κ3) is 5.50. The Morgan fingerprint density at radius 2 is 2.00 bits per heavy atom. The van der Waals surface area contributed by atoms with Gasteiger partial charge in [-0.3, -0.25) is 4.79 Å². The number of methoxy groups -OCH3 is 1. The fourth-order valence-electron chi connectivity index (χ4n) is 2.39. The first-order chi connectivity index (χ1) is 10.3. The zero-order chi connectivity index (χ0) is 14.9. The van der Waals surface area contributed by atoms with Crippen molar-refractivity contribution < 1.29 is 14.3 Å². The molecule has 0 saturated heterocycles. The van der Waals surface area contributed by atoms with Crippen LogP contribution in [0.3, 0.4) is 0 Å². The van der Waals surface area contributed by atoms with E-state index < -0.39 is 0 Å². The molecule has 116 valence electrons. The summed E-state index contributed by atoms with van der Waals surface area (Å²) in [7, 11) is 1.62. The standard InChI is InChI=1S/C16H23NO3S/c1-19-14-8-4-5-9-15(14)20-11-10-17-16(18)12-21-13-6-2-3-7-13/h4-5,8-9,13H,2-3,6-7,10-12H2,1H3,(H,17,18). The predicted molar refractivity (Wildman–Crippen MR) is 86.2 cm³/mol. The quantitative estimate of drug-likeness (QED) is 0.750. The van der Waals surface area contributed by atoms with E-state index in [1.807, 2.05) is 24.3 Å². The Morgan fingerprint density at radius 3 is 2.71 bits per heavy atom. The molecular formula is C16H23NO3S. The van der Waals surface area contributed by atoms with E-state index in [1.54, 1.807) is 18.9 Å². The van der Waals surface area contributed by atoms with Crippen LogP contribution in [-0.4, -0.2) is 37.2 Å². The van der Waals surface area contributed by atoms with Crippen LogP contribution in [0.4, 0.5) is 0 Å². The first-order valence-corrected chi connectivity index (χ1v) is 8.48. The molecule has 1 aliphatic carbocycles. The number of para-hydroxylation sites is 2. The normalized spacial score (nSPS) is 14.9. The van der Waals surface area contributed by atoms with Crippen molar-refractivity contribution in [3.63, 3.8) is 0 Å². The summed E-state index contributed by atoms with van der Waals surface area (Å²) >= 11 is 1.78. The molecule has 0 atom stereocenters. The van der Waals surface area contributed by atoms with Crippen molar-refractivity contribution in [1.82, 2.24) is 5.32 Å². The Bertz CT molecular complexity index is 447. The summed E-state index contributed by atoms with van der Waals surface area (Å²) < 4.78 is 10.8. The second kappa shape index (κ2) is 8.82. The van der Waals surface area contributed by atoms with E-state index in [4.69, 9.17) is 9.47 Å². The summed E-state index contributed by atoms with van der Waals surface area (Å²) in [5, 5.41) is 3.57. The van der Waals surface area contributed by atoms with Crippen LogP contribution >= 0.6 is 11.8 Å². The number of carbonyl (C=O) groups is 1. The average Bonchev–Trinajstić information content (AvgIpc) is 3.03. The molecule has 1 fully saturated rings. The highest BCUT2D eigenvalue weighted by atomic mass is 32.2. The molecule has 4 nitrogen and oxygen atoms in total. The van der Waals surface area contributed by atoms with Crippen LogP contribution in [0.1, 0.15) is 25.7 Å². The van der Waals surface area contributed by atoms with Gasteiger partial charge in [0.1, 0.15) is 6.61 Å². The van der Waals surface area contributed by atoms with E-state index in [1.165, 1.54) is 25.7 Å². The lowest BCUT2D eigenvalue weighted by Gasteiger charge is -2.11. The van der Waals surface area contributed by atoms with Gasteiger partial charge < -0.3 is 14.8 Å². The lowest BCUT2D eigenvalue weighted by molar-refractivity contribution is -0.118. The van der Waals surface area contributed by atoms with Crippen LogP contribution in [-0.2, 0) is 4.79 Å².